The summed E-state index contributed by atoms with van der Waals surface area (Å²) in [6.45, 7) is 1.84. The number of carboxylic acids is 1. The molecule has 0 heterocycles. The molecule has 4 heteroatoms. The van der Waals surface area contributed by atoms with Gasteiger partial charge in [-0.3, -0.25) is 0 Å². The second-order valence-electron chi connectivity index (χ2n) is 2.75. The van der Waals surface area contributed by atoms with Gasteiger partial charge in [-0.2, -0.15) is 5.26 Å². The average molecular weight is 301 g/mol. The van der Waals surface area contributed by atoms with Gasteiger partial charge in [0, 0.05) is 3.57 Å². The van der Waals surface area contributed by atoms with Crippen LogP contribution in [-0.2, 0) is 6.42 Å². The van der Waals surface area contributed by atoms with E-state index in [1.807, 2.05) is 35.6 Å². The summed E-state index contributed by atoms with van der Waals surface area (Å²) < 4.78 is 0.772. The maximum Gasteiger partial charge on any atom is 0.336 e. The van der Waals surface area contributed by atoms with Gasteiger partial charge in [-0.05, 0) is 46.7 Å². The van der Waals surface area contributed by atoms with Gasteiger partial charge in [0.05, 0.1) is 17.2 Å². The third-order valence-electron chi connectivity index (χ3n) is 1.92. The van der Waals surface area contributed by atoms with E-state index >= 15 is 0 Å². The molecule has 0 unspecified atom stereocenters. The van der Waals surface area contributed by atoms with Gasteiger partial charge in [-0.15, -0.1) is 0 Å². The summed E-state index contributed by atoms with van der Waals surface area (Å²) in [5.74, 6) is -0.975. The van der Waals surface area contributed by atoms with Gasteiger partial charge in [0.25, 0.3) is 0 Å². The molecule has 0 aliphatic heterocycles. The first-order valence-electron chi connectivity index (χ1n) is 4.06. The molecule has 0 amide bonds. The van der Waals surface area contributed by atoms with Crippen molar-refractivity contribution in [2.24, 2.45) is 0 Å². The first kappa shape index (κ1) is 11.0. The van der Waals surface area contributed by atoms with Crippen LogP contribution in [0.2, 0.25) is 0 Å². The Morgan fingerprint density at radius 2 is 2.29 bits per heavy atom. The second-order valence-corrected chi connectivity index (χ2v) is 4.00. The molecule has 0 saturated heterocycles. The molecule has 72 valence electrons. The first-order chi connectivity index (χ1) is 6.60. The molecule has 0 radical (unpaired) electrons. The minimum atomic E-state index is -0.975. The number of rotatable bonds is 2. The van der Waals surface area contributed by atoms with Crippen molar-refractivity contribution in [2.75, 3.05) is 0 Å². The largest absolute Gasteiger partial charge is 0.478 e. The predicted molar refractivity (Wildman–Crippen MR) is 60.2 cm³/mol. The fraction of sp³-hybridized carbons (Fsp3) is 0.200. The summed E-state index contributed by atoms with van der Waals surface area (Å²) >= 11 is 2.01. The summed E-state index contributed by atoms with van der Waals surface area (Å²) in [5.41, 5.74) is 1.30. The van der Waals surface area contributed by atoms with E-state index in [-0.39, 0.29) is 5.56 Å². The molecule has 0 aromatic heterocycles. The Kier molecular flexibility index (Phi) is 3.47. The lowest BCUT2D eigenvalue weighted by Crippen LogP contribution is -2.04. The van der Waals surface area contributed by atoms with Crippen molar-refractivity contribution in [3.63, 3.8) is 0 Å². The molecule has 0 saturated carbocycles. The van der Waals surface area contributed by atoms with Crippen molar-refractivity contribution >= 4 is 28.6 Å². The zero-order chi connectivity index (χ0) is 10.7. The maximum atomic E-state index is 10.9. The van der Waals surface area contributed by atoms with Crippen LogP contribution in [0.3, 0.4) is 0 Å². The molecule has 0 aliphatic rings. The summed E-state index contributed by atoms with van der Waals surface area (Å²) in [5, 5.41) is 17.8. The third kappa shape index (κ3) is 2.04. The molecule has 0 bridgehead atoms. The number of aromatic carboxylic acids is 1. The molecular formula is C10H8INO2. The number of nitrogens with zero attached hydrogens (tertiary/aromatic N) is 1. The van der Waals surface area contributed by atoms with Gasteiger partial charge in [0.2, 0.25) is 0 Å². The molecule has 0 spiro atoms. The van der Waals surface area contributed by atoms with Gasteiger partial charge < -0.3 is 5.11 Å². The van der Waals surface area contributed by atoms with Crippen molar-refractivity contribution in [3.8, 4) is 6.07 Å². The topological polar surface area (TPSA) is 61.1 Å². The van der Waals surface area contributed by atoms with Crippen LogP contribution in [0.15, 0.2) is 12.1 Å². The van der Waals surface area contributed by atoms with Gasteiger partial charge >= 0.3 is 5.97 Å². The van der Waals surface area contributed by atoms with E-state index in [9.17, 15) is 4.79 Å². The predicted octanol–water partition coefficient (Wildman–Crippen LogP) is 2.42. The summed E-state index contributed by atoms with van der Waals surface area (Å²) in [6, 6.07) is 5.30. The number of hydrogen-bond donors (Lipinski definition) is 1. The average Bonchev–Trinajstić information content (AvgIpc) is 2.16. The SMILES string of the molecule is CCc1c(C#N)cc(I)cc1C(=O)O. The number of nitriles is 1. The molecule has 1 N–H and O–H groups in total. The lowest BCUT2D eigenvalue weighted by atomic mass is 10.00. The van der Waals surface area contributed by atoms with Crippen molar-refractivity contribution in [1.82, 2.24) is 0 Å². The van der Waals surface area contributed by atoms with Crippen LogP contribution in [-0.4, -0.2) is 11.1 Å². The molecule has 1 aromatic carbocycles. The molecular weight excluding hydrogens is 293 g/mol. The molecule has 0 fully saturated rings. The quantitative estimate of drug-likeness (QED) is 0.853. The van der Waals surface area contributed by atoms with Crippen molar-refractivity contribution in [3.05, 3.63) is 32.4 Å². The van der Waals surface area contributed by atoms with Crippen molar-refractivity contribution < 1.29 is 9.90 Å². The zero-order valence-electron chi connectivity index (χ0n) is 7.54. The Morgan fingerprint density at radius 1 is 1.64 bits per heavy atom. The number of carboxylic acid groups (broad SMARTS) is 1. The van der Waals surface area contributed by atoms with Crippen LogP contribution < -0.4 is 0 Å². The van der Waals surface area contributed by atoms with Crippen molar-refractivity contribution in [2.45, 2.75) is 13.3 Å². The van der Waals surface area contributed by atoms with Crippen LogP contribution in [0.1, 0.15) is 28.4 Å². The van der Waals surface area contributed by atoms with Crippen LogP contribution in [0.5, 0.6) is 0 Å². The Bertz CT molecular complexity index is 421. The molecule has 0 aliphatic carbocycles. The second kappa shape index (κ2) is 4.42. The number of hydrogen-bond acceptors (Lipinski definition) is 2. The number of halogens is 1. The Hall–Kier alpha value is -1.09. The van der Waals surface area contributed by atoms with Crippen LogP contribution in [0.25, 0.3) is 0 Å². The molecule has 1 aromatic rings. The molecule has 3 nitrogen and oxygen atoms in total. The van der Waals surface area contributed by atoms with E-state index in [0.29, 0.717) is 17.5 Å². The zero-order valence-corrected chi connectivity index (χ0v) is 9.70. The van der Waals surface area contributed by atoms with E-state index in [1.54, 1.807) is 12.1 Å². The van der Waals surface area contributed by atoms with Gasteiger partial charge in [-0.1, -0.05) is 6.92 Å². The minimum absolute atomic E-state index is 0.232. The van der Waals surface area contributed by atoms with E-state index in [4.69, 9.17) is 10.4 Å². The maximum absolute atomic E-state index is 10.9. The Morgan fingerprint density at radius 3 is 2.71 bits per heavy atom. The monoisotopic (exact) mass is 301 g/mol. The number of benzene rings is 1. The summed E-state index contributed by atoms with van der Waals surface area (Å²) in [7, 11) is 0. The highest BCUT2D eigenvalue weighted by Gasteiger charge is 2.13. The van der Waals surface area contributed by atoms with Gasteiger partial charge in [0.15, 0.2) is 0 Å². The summed E-state index contributed by atoms with van der Waals surface area (Å²) in [6.07, 6.45) is 0.557. The fourth-order valence-corrected chi connectivity index (χ4v) is 1.93. The third-order valence-corrected chi connectivity index (χ3v) is 2.54. The Balaban J connectivity index is 3.49. The van der Waals surface area contributed by atoms with Gasteiger partial charge in [-0.25, -0.2) is 4.79 Å². The Labute approximate surface area is 95.5 Å². The van der Waals surface area contributed by atoms with E-state index in [2.05, 4.69) is 0 Å². The van der Waals surface area contributed by atoms with Crippen LogP contribution >= 0.6 is 22.6 Å². The summed E-state index contributed by atoms with van der Waals surface area (Å²) in [4.78, 5) is 10.9. The smallest absolute Gasteiger partial charge is 0.336 e. The van der Waals surface area contributed by atoms with E-state index in [1.165, 1.54) is 0 Å². The highest BCUT2D eigenvalue weighted by Crippen LogP contribution is 2.19. The van der Waals surface area contributed by atoms with Crippen LogP contribution in [0, 0.1) is 14.9 Å². The van der Waals surface area contributed by atoms with Gasteiger partial charge in [0.1, 0.15) is 0 Å². The van der Waals surface area contributed by atoms with Crippen LogP contribution in [0.4, 0.5) is 0 Å². The van der Waals surface area contributed by atoms with Crippen molar-refractivity contribution in [1.29, 1.82) is 5.26 Å². The van der Waals surface area contributed by atoms with E-state index < -0.39 is 5.97 Å². The van der Waals surface area contributed by atoms with E-state index in [0.717, 1.165) is 3.57 Å². The fourth-order valence-electron chi connectivity index (χ4n) is 1.31. The number of carbonyl (C=O) groups is 1. The molecule has 1 rings (SSSR count). The normalized spacial score (nSPS) is 9.50. The minimum Gasteiger partial charge on any atom is -0.478 e. The first-order valence-corrected chi connectivity index (χ1v) is 5.13. The highest BCUT2D eigenvalue weighted by atomic mass is 127. The lowest BCUT2D eigenvalue weighted by molar-refractivity contribution is 0.0695. The lowest BCUT2D eigenvalue weighted by Gasteiger charge is -2.06. The highest BCUT2D eigenvalue weighted by molar-refractivity contribution is 14.1. The molecule has 0 atom stereocenters. The molecule has 14 heavy (non-hydrogen) atoms. The standard InChI is InChI=1S/C10H8INO2/c1-2-8-6(5-12)3-7(11)4-9(8)10(13)14/h3-4H,2H2,1H3,(H,13,14).